The molecule has 1 aliphatic rings. The van der Waals surface area contributed by atoms with Crippen LogP contribution in [-0.2, 0) is 9.47 Å². The number of nitrogens with two attached hydrogens (primary N) is 1. The smallest absolute Gasteiger partial charge is 0.347 e. The third-order valence-corrected chi connectivity index (χ3v) is 3.80. The van der Waals surface area contributed by atoms with Gasteiger partial charge in [0.1, 0.15) is 5.82 Å². The molecule has 1 saturated heterocycles. The minimum absolute atomic E-state index is 0.00674. The van der Waals surface area contributed by atoms with Crippen LogP contribution in [0, 0.1) is 17.2 Å². The number of rotatable bonds is 6. The molecular formula is C18H18N4O4. The molecular weight excluding hydrogens is 336 g/mol. The molecule has 0 spiro atoms. The average molecular weight is 354 g/mol. The summed E-state index contributed by atoms with van der Waals surface area (Å²) in [6.07, 6.45) is 0. The quantitative estimate of drug-likeness (QED) is 0.780. The highest BCUT2D eigenvalue weighted by atomic mass is 16.5. The van der Waals surface area contributed by atoms with Crippen LogP contribution in [-0.4, -0.2) is 42.4 Å². The normalized spacial score (nSPS) is 13.5. The van der Waals surface area contributed by atoms with Gasteiger partial charge in [0.15, 0.2) is 11.4 Å². The summed E-state index contributed by atoms with van der Waals surface area (Å²) < 4.78 is 15.9. The number of nitrogen functional groups attached to an aromatic ring is 1. The Morgan fingerprint density at radius 2 is 2.23 bits per heavy atom. The van der Waals surface area contributed by atoms with E-state index in [-0.39, 0.29) is 35.6 Å². The van der Waals surface area contributed by atoms with E-state index in [1.807, 2.05) is 0 Å². The van der Waals surface area contributed by atoms with E-state index >= 15 is 0 Å². The van der Waals surface area contributed by atoms with Crippen LogP contribution in [0.25, 0.3) is 11.4 Å². The number of nitriles is 1. The second kappa shape index (κ2) is 7.80. The van der Waals surface area contributed by atoms with Gasteiger partial charge in [-0.15, -0.1) is 0 Å². The van der Waals surface area contributed by atoms with Crippen molar-refractivity contribution in [3.63, 3.8) is 0 Å². The number of nitrogens with zero attached hydrogens (tertiary/aromatic N) is 3. The molecule has 1 aromatic carbocycles. The monoisotopic (exact) mass is 354 g/mol. The Labute approximate surface area is 150 Å². The lowest BCUT2D eigenvalue weighted by atomic mass is 10.1. The fourth-order valence-electron chi connectivity index (χ4n) is 2.39. The molecule has 8 nitrogen and oxygen atoms in total. The van der Waals surface area contributed by atoms with Crippen molar-refractivity contribution in [3.8, 4) is 23.3 Å². The van der Waals surface area contributed by atoms with Crippen molar-refractivity contribution < 1.29 is 19.0 Å². The predicted octanol–water partition coefficient (Wildman–Crippen LogP) is 1.80. The van der Waals surface area contributed by atoms with Gasteiger partial charge in [-0.1, -0.05) is 12.1 Å². The van der Waals surface area contributed by atoms with Gasteiger partial charge in [-0.3, -0.25) is 0 Å². The predicted molar refractivity (Wildman–Crippen MR) is 92.4 cm³/mol. The number of ether oxygens (including phenoxy) is 3. The third-order valence-electron chi connectivity index (χ3n) is 3.80. The van der Waals surface area contributed by atoms with Crippen molar-refractivity contribution in [2.75, 3.05) is 32.2 Å². The molecule has 2 heterocycles. The number of hydrogen-bond acceptors (Lipinski definition) is 8. The molecule has 0 aliphatic carbocycles. The SMILES string of the molecule is CCOC(=O)c1c(N)nc(-c2cccc(C#N)c2)nc1OCC1COC1. The summed E-state index contributed by atoms with van der Waals surface area (Å²) in [6, 6.07) is 8.85. The van der Waals surface area contributed by atoms with E-state index in [1.165, 1.54) is 0 Å². The first-order valence-corrected chi connectivity index (χ1v) is 8.18. The van der Waals surface area contributed by atoms with E-state index in [0.717, 1.165) is 0 Å². The number of aromatic nitrogens is 2. The Bertz CT molecular complexity index is 859. The molecule has 0 bridgehead atoms. The summed E-state index contributed by atoms with van der Waals surface area (Å²) in [4.78, 5) is 20.8. The topological polar surface area (TPSA) is 120 Å². The van der Waals surface area contributed by atoms with Gasteiger partial charge in [0, 0.05) is 11.5 Å². The summed E-state index contributed by atoms with van der Waals surface area (Å²) in [6.45, 7) is 3.45. The highest BCUT2D eigenvalue weighted by molar-refractivity contribution is 5.97. The van der Waals surface area contributed by atoms with Crippen molar-refractivity contribution in [1.29, 1.82) is 5.26 Å². The molecule has 1 aliphatic heterocycles. The van der Waals surface area contributed by atoms with Crippen LogP contribution < -0.4 is 10.5 Å². The first kappa shape index (κ1) is 17.6. The summed E-state index contributed by atoms with van der Waals surface area (Å²) >= 11 is 0. The van der Waals surface area contributed by atoms with Crippen molar-refractivity contribution >= 4 is 11.8 Å². The number of esters is 1. The van der Waals surface area contributed by atoms with Crippen molar-refractivity contribution in [1.82, 2.24) is 9.97 Å². The molecule has 26 heavy (non-hydrogen) atoms. The summed E-state index contributed by atoms with van der Waals surface area (Å²) in [7, 11) is 0. The molecule has 0 saturated carbocycles. The van der Waals surface area contributed by atoms with Crippen LogP contribution in [0.3, 0.4) is 0 Å². The fourth-order valence-corrected chi connectivity index (χ4v) is 2.39. The maximum Gasteiger partial charge on any atom is 0.347 e. The Balaban J connectivity index is 1.99. The standard InChI is InChI=1S/C18H18N4O4/c1-2-25-18(23)14-15(20)21-16(13-5-3-4-11(6-13)7-19)22-17(14)26-10-12-8-24-9-12/h3-6,12H,2,8-10H2,1H3,(H2,20,21,22). The number of anilines is 1. The van der Waals surface area contributed by atoms with E-state index in [4.69, 9.17) is 25.2 Å². The van der Waals surface area contributed by atoms with Gasteiger partial charge >= 0.3 is 5.97 Å². The minimum atomic E-state index is -0.637. The van der Waals surface area contributed by atoms with E-state index in [1.54, 1.807) is 31.2 Å². The van der Waals surface area contributed by atoms with Gasteiger partial charge in [-0.2, -0.15) is 10.2 Å². The third kappa shape index (κ3) is 3.73. The summed E-state index contributed by atoms with van der Waals surface area (Å²) in [5.74, 6) is -0.0859. The lowest BCUT2D eigenvalue weighted by molar-refractivity contribution is -0.0515. The second-order valence-electron chi connectivity index (χ2n) is 5.74. The van der Waals surface area contributed by atoms with Crippen LogP contribution in [0.1, 0.15) is 22.8 Å². The van der Waals surface area contributed by atoms with Crippen molar-refractivity contribution in [3.05, 3.63) is 35.4 Å². The number of benzene rings is 1. The largest absolute Gasteiger partial charge is 0.476 e. The number of carbonyl (C=O) groups excluding carboxylic acids is 1. The molecule has 0 radical (unpaired) electrons. The Hall–Kier alpha value is -3.18. The maximum absolute atomic E-state index is 12.2. The van der Waals surface area contributed by atoms with Gasteiger partial charge in [-0.05, 0) is 19.1 Å². The Morgan fingerprint density at radius 3 is 2.88 bits per heavy atom. The van der Waals surface area contributed by atoms with E-state index < -0.39 is 5.97 Å². The molecule has 2 aromatic rings. The molecule has 0 unspecified atom stereocenters. The number of carbonyl (C=O) groups is 1. The second-order valence-corrected chi connectivity index (χ2v) is 5.74. The summed E-state index contributed by atoms with van der Waals surface area (Å²) in [5, 5.41) is 9.06. The zero-order chi connectivity index (χ0) is 18.5. The lowest BCUT2D eigenvalue weighted by Gasteiger charge is -2.25. The molecule has 134 valence electrons. The van der Waals surface area contributed by atoms with Crippen LogP contribution in [0.4, 0.5) is 5.82 Å². The van der Waals surface area contributed by atoms with Gasteiger partial charge in [0.05, 0.1) is 38.1 Å². The van der Waals surface area contributed by atoms with Crippen LogP contribution in [0.15, 0.2) is 24.3 Å². The molecule has 3 rings (SSSR count). The maximum atomic E-state index is 12.2. The molecule has 0 atom stereocenters. The molecule has 8 heteroatoms. The molecule has 1 aromatic heterocycles. The first-order chi connectivity index (χ1) is 12.6. The van der Waals surface area contributed by atoms with Gasteiger partial charge in [0.25, 0.3) is 0 Å². The minimum Gasteiger partial charge on any atom is -0.476 e. The van der Waals surface area contributed by atoms with Crippen LogP contribution >= 0.6 is 0 Å². The zero-order valence-electron chi connectivity index (χ0n) is 14.3. The Kier molecular flexibility index (Phi) is 5.29. The molecule has 0 amide bonds. The highest BCUT2D eigenvalue weighted by Gasteiger charge is 2.25. The van der Waals surface area contributed by atoms with Crippen molar-refractivity contribution in [2.24, 2.45) is 5.92 Å². The van der Waals surface area contributed by atoms with E-state index in [2.05, 4.69) is 16.0 Å². The van der Waals surface area contributed by atoms with Gasteiger partial charge in [0.2, 0.25) is 5.88 Å². The van der Waals surface area contributed by atoms with E-state index in [0.29, 0.717) is 30.9 Å². The average Bonchev–Trinajstić information content (AvgIpc) is 2.60. The number of hydrogen-bond donors (Lipinski definition) is 1. The van der Waals surface area contributed by atoms with Gasteiger partial charge < -0.3 is 19.9 Å². The fraction of sp³-hybridized carbons (Fsp3) is 0.333. The van der Waals surface area contributed by atoms with E-state index in [9.17, 15) is 4.79 Å². The highest BCUT2D eigenvalue weighted by Crippen LogP contribution is 2.28. The zero-order valence-corrected chi connectivity index (χ0v) is 14.3. The van der Waals surface area contributed by atoms with Crippen LogP contribution in [0.2, 0.25) is 0 Å². The lowest BCUT2D eigenvalue weighted by Crippen LogP contribution is -2.33. The molecule has 2 N–H and O–H groups in total. The van der Waals surface area contributed by atoms with Crippen molar-refractivity contribution in [2.45, 2.75) is 6.92 Å². The molecule has 1 fully saturated rings. The van der Waals surface area contributed by atoms with Crippen LogP contribution in [0.5, 0.6) is 5.88 Å². The first-order valence-electron chi connectivity index (χ1n) is 8.18. The van der Waals surface area contributed by atoms with Gasteiger partial charge in [-0.25, -0.2) is 9.78 Å². The summed E-state index contributed by atoms with van der Waals surface area (Å²) in [5.41, 5.74) is 7.07. The Morgan fingerprint density at radius 1 is 1.42 bits per heavy atom.